The lowest BCUT2D eigenvalue weighted by Crippen LogP contribution is -2.74. The lowest BCUT2D eigenvalue weighted by molar-refractivity contribution is -0.392. The molecule has 4 aliphatic rings. The Balaban J connectivity index is 1.56. The van der Waals surface area contributed by atoms with Crippen LogP contribution in [0.4, 0.5) is 0 Å². The van der Waals surface area contributed by atoms with E-state index in [2.05, 4.69) is 19.9 Å². The first-order valence-corrected chi connectivity index (χ1v) is 11.4. The molecule has 27 heavy (non-hydrogen) atoms. The number of aliphatic hydroxyl groups excluding tert-OH is 2. The molecule has 1 aliphatic heterocycles. The molecule has 0 amide bonds. The van der Waals surface area contributed by atoms with Crippen LogP contribution in [0, 0.1) is 29.1 Å². The molecule has 0 aromatic rings. The van der Waals surface area contributed by atoms with Gasteiger partial charge in [-0.2, -0.15) is 0 Å². The molecule has 1 unspecified atom stereocenters. The molecular formula is C23H38O4. The zero-order valence-corrected chi connectivity index (χ0v) is 17.1. The Kier molecular flexibility index (Phi) is 5.73. The van der Waals surface area contributed by atoms with Crippen LogP contribution in [0.15, 0.2) is 12.2 Å². The van der Waals surface area contributed by atoms with Crippen LogP contribution in [0.5, 0.6) is 0 Å². The van der Waals surface area contributed by atoms with Crippen LogP contribution in [0.3, 0.4) is 0 Å². The Morgan fingerprint density at radius 1 is 1.07 bits per heavy atom. The minimum Gasteiger partial charge on any atom is -0.393 e. The van der Waals surface area contributed by atoms with Crippen molar-refractivity contribution in [2.24, 2.45) is 29.1 Å². The summed E-state index contributed by atoms with van der Waals surface area (Å²) in [7, 11) is 0. The van der Waals surface area contributed by atoms with Crippen LogP contribution in [-0.4, -0.2) is 41.4 Å². The van der Waals surface area contributed by atoms with Gasteiger partial charge in [0.25, 0.3) is 0 Å². The normalized spacial score (nSPS) is 43.0. The second kappa shape index (κ2) is 7.78. The van der Waals surface area contributed by atoms with Crippen molar-refractivity contribution in [3.63, 3.8) is 0 Å². The van der Waals surface area contributed by atoms with Crippen molar-refractivity contribution in [2.75, 3.05) is 13.2 Å². The summed E-state index contributed by atoms with van der Waals surface area (Å²) in [5.74, 6) is 0.763. The highest BCUT2D eigenvalue weighted by molar-refractivity contribution is 5.22. The molecule has 4 heteroatoms. The van der Waals surface area contributed by atoms with Gasteiger partial charge in [0, 0.05) is 17.3 Å². The number of rotatable bonds is 5. The summed E-state index contributed by atoms with van der Waals surface area (Å²) >= 11 is 0. The van der Waals surface area contributed by atoms with Crippen molar-refractivity contribution >= 4 is 0 Å². The van der Waals surface area contributed by atoms with E-state index >= 15 is 0 Å². The molecule has 0 aromatic carbocycles. The SMILES string of the molecule is CCC1[C@@H]2[C@@H](/C=C/[C@@H](O)C3CCCCC3)[C@H](O)CC[C@]2(CC)C12OCCO2. The Labute approximate surface area is 164 Å². The van der Waals surface area contributed by atoms with Crippen LogP contribution in [-0.2, 0) is 9.47 Å². The molecule has 1 heterocycles. The van der Waals surface area contributed by atoms with E-state index in [9.17, 15) is 10.2 Å². The quantitative estimate of drug-likeness (QED) is 0.709. The minimum atomic E-state index is -0.435. The van der Waals surface area contributed by atoms with Gasteiger partial charge >= 0.3 is 0 Å². The van der Waals surface area contributed by atoms with Crippen molar-refractivity contribution in [3.8, 4) is 0 Å². The van der Waals surface area contributed by atoms with E-state index in [0.29, 0.717) is 31.0 Å². The zero-order chi connectivity index (χ0) is 19.1. The third-order valence-corrected chi connectivity index (χ3v) is 8.45. The third-order valence-electron chi connectivity index (χ3n) is 8.45. The number of aliphatic hydroxyl groups is 2. The second-order valence-corrected chi connectivity index (χ2v) is 9.37. The molecule has 6 atom stereocenters. The van der Waals surface area contributed by atoms with E-state index in [1.807, 2.05) is 6.08 Å². The smallest absolute Gasteiger partial charge is 0.177 e. The maximum Gasteiger partial charge on any atom is 0.177 e. The molecule has 1 spiro atoms. The minimum absolute atomic E-state index is 0.00814. The van der Waals surface area contributed by atoms with Gasteiger partial charge in [-0.25, -0.2) is 0 Å². The molecule has 4 fully saturated rings. The second-order valence-electron chi connectivity index (χ2n) is 9.37. The third kappa shape index (κ3) is 2.94. The lowest BCUT2D eigenvalue weighted by atomic mass is 9.39. The number of fused-ring (bicyclic) bond motifs is 2. The first-order chi connectivity index (χ1) is 13.1. The van der Waals surface area contributed by atoms with E-state index in [1.54, 1.807) is 0 Å². The van der Waals surface area contributed by atoms with Crippen molar-refractivity contribution < 1.29 is 19.7 Å². The maximum absolute atomic E-state index is 10.9. The van der Waals surface area contributed by atoms with Crippen molar-refractivity contribution in [2.45, 2.75) is 89.6 Å². The van der Waals surface area contributed by atoms with Crippen LogP contribution >= 0.6 is 0 Å². The summed E-state index contributed by atoms with van der Waals surface area (Å²) in [4.78, 5) is 0. The average molecular weight is 379 g/mol. The Morgan fingerprint density at radius 2 is 1.78 bits per heavy atom. The van der Waals surface area contributed by atoms with Gasteiger partial charge in [0.05, 0.1) is 25.4 Å². The van der Waals surface area contributed by atoms with Crippen LogP contribution in [0.25, 0.3) is 0 Å². The maximum atomic E-state index is 10.9. The molecule has 4 nitrogen and oxygen atoms in total. The predicted molar refractivity (Wildman–Crippen MR) is 105 cm³/mol. The van der Waals surface area contributed by atoms with Gasteiger partial charge in [-0.15, -0.1) is 0 Å². The fourth-order valence-electron chi connectivity index (χ4n) is 7.18. The fourth-order valence-corrected chi connectivity index (χ4v) is 7.18. The Bertz CT molecular complexity index is 534. The molecular weight excluding hydrogens is 340 g/mol. The fraction of sp³-hybridized carbons (Fsp3) is 0.913. The van der Waals surface area contributed by atoms with Gasteiger partial charge in [-0.3, -0.25) is 0 Å². The number of hydrogen-bond acceptors (Lipinski definition) is 4. The highest BCUT2D eigenvalue weighted by Crippen LogP contribution is 2.71. The summed E-state index contributed by atoms with van der Waals surface area (Å²) in [6, 6.07) is 0. The molecule has 3 aliphatic carbocycles. The molecule has 154 valence electrons. The molecule has 3 saturated carbocycles. The summed E-state index contributed by atoms with van der Waals surface area (Å²) in [6.45, 7) is 5.85. The van der Waals surface area contributed by atoms with Crippen molar-refractivity contribution in [1.82, 2.24) is 0 Å². The van der Waals surface area contributed by atoms with E-state index in [1.165, 1.54) is 19.3 Å². The van der Waals surface area contributed by atoms with Gasteiger partial charge in [0.15, 0.2) is 5.79 Å². The van der Waals surface area contributed by atoms with Crippen LogP contribution in [0.1, 0.15) is 71.6 Å². The molecule has 0 bridgehead atoms. The first kappa shape index (κ1) is 19.9. The highest BCUT2D eigenvalue weighted by atomic mass is 16.7. The Hall–Kier alpha value is -0.420. The van der Waals surface area contributed by atoms with E-state index in [0.717, 1.165) is 38.5 Å². The summed E-state index contributed by atoms with van der Waals surface area (Å²) in [6.07, 6.45) is 13.3. The summed E-state index contributed by atoms with van der Waals surface area (Å²) in [5, 5.41) is 21.5. The van der Waals surface area contributed by atoms with Gasteiger partial charge < -0.3 is 19.7 Å². The zero-order valence-electron chi connectivity index (χ0n) is 17.1. The predicted octanol–water partition coefficient (Wildman–Crippen LogP) is 4.05. The molecule has 2 N–H and O–H groups in total. The molecule has 0 aromatic heterocycles. The van der Waals surface area contributed by atoms with Gasteiger partial charge in [-0.1, -0.05) is 45.3 Å². The monoisotopic (exact) mass is 378 g/mol. The molecule has 0 radical (unpaired) electrons. The Morgan fingerprint density at radius 3 is 2.41 bits per heavy atom. The molecule has 4 rings (SSSR count). The largest absolute Gasteiger partial charge is 0.393 e. The van der Waals surface area contributed by atoms with Gasteiger partial charge in [-0.05, 0) is 50.4 Å². The van der Waals surface area contributed by atoms with Gasteiger partial charge in [0.1, 0.15) is 0 Å². The standard InChI is InChI=1S/C23H38O4/c1-3-18-21-17(10-11-19(24)16-8-6-5-7-9-16)20(25)12-13-22(21,4-2)23(18)26-14-15-27-23/h10-11,16-21,24-25H,3-9,12-15H2,1-2H3/b11-10+/t17-,18?,19+,20+,21-,22-/m0/s1. The number of ether oxygens (including phenoxy) is 2. The van der Waals surface area contributed by atoms with Crippen molar-refractivity contribution in [1.29, 1.82) is 0 Å². The average Bonchev–Trinajstić information content (AvgIpc) is 3.21. The summed E-state index contributed by atoms with van der Waals surface area (Å²) in [5.41, 5.74) is 0.00814. The molecule has 1 saturated heterocycles. The van der Waals surface area contributed by atoms with E-state index in [-0.39, 0.29) is 23.5 Å². The van der Waals surface area contributed by atoms with Crippen LogP contribution < -0.4 is 0 Å². The number of hydrogen-bond donors (Lipinski definition) is 2. The first-order valence-electron chi connectivity index (χ1n) is 11.4. The van der Waals surface area contributed by atoms with Crippen LogP contribution in [0.2, 0.25) is 0 Å². The van der Waals surface area contributed by atoms with Crippen molar-refractivity contribution in [3.05, 3.63) is 12.2 Å². The highest BCUT2D eigenvalue weighted by Gasteiger charge is 2.76. The van der Waals surface area contributed by atoms with E-state index < -0.39 is 5.79 Å². The summed E-state index contributed by atoms with van der Waals surface area (Å²) < 4.78 is 12.5. The van der Waals surface area contributed by atoms with Gasteiger partial charge in [0.2, 0.25) is 0 Å². The topological polar surface area (TPSA) is 58.9 Å². The lowest BCUT2D eigenvalue weighted by Gasteiger charge is -2.70. The van der Waals surface area contributed by atoms with E-state index in [4.69, 9.17) is 9.47 Å².